The smallest absolute Gasteiger partial charge is 0.310 e. The van der Waals surface area contributed by atoms with E-state index in [-0.39, 0.29) is 29.8 Å². The molecule has 1 heterocycles. The van der Waals surface area contributed by atoms with Crippen LogP contribution in [0.4, 0.5) is 5.69 Å². The SMILES string of the molecule is O=[N+]([O-])c1ccccc1OCCOc1cccnc1Cl. The second-order valence-corrected chi connectivity index (χ2v) is 4.07. The monoisotopic (exact) mass is 294 g/mol. The zero-order valence-corrected chi connectivity index (χ0v) is 11.1. The van der Waals surface area contributed by atoms with Gasteiger partial charge in [-0.1, -0.05) is 23.7 Å². The summed E-state index contributed by atoms with van der Waals surface area (Å²) < 4.78 is 10.7. The zero-order chi connectivity index (χ0) is 14.4. The van der Waals surface area contributed by atoms with Crippen molar-refractivity contribution in [2.75, 3.05) is 13.2 Å². The lowest BCUT2D eigenvalue weighted by Gasteiger charge is -2.09. The summed E-state index contributed by atoms with van der Waals surface area (Å²) in [7, 11) is 0. The van der Waals surface area contributed by atoms with Crippen LogP contribution in [0.1, 0.15) is 0 Å². The van der Waals surface area contributed by atoms with Gasteiger partial charge in [0.25, 0.3) is 0 Å². The Bertz CT molecular complexity index is 606. The molecular weight excluding hydrogens is 284 g/mol. The minimum Gasteiger partial charge on any atom is -0.487 e. The van der Waals surface area contributed by atoms with Crippen LogP contribution in [0.25, 0.3) is 0 Å². The van der Waals surface area contributed by atoms with Crippen LogP contribution >= 0.6 is 11.6 Å². The number of rotatable bonds is 6. The van der Waals surface area contributed by atoms with Crippen LogP contribution in [0.2, 0.25) is 5.15 Å². The van der Waals surface area contributed by atoms with Crippen molar-refractivity contribution < 1.29 is 14.4 Å². The molecule has 104 valence electrons. The van der Waals surface area contributed by atoms with Gasteiger partial charge in [-0.2, -0.15) is 0 Å². The number of nitro benzene ring substituents is 1. The summed E-state index contributed by atoms with van der Waals surface area (Å²) in [5, 5.41) is 11.1. The van der Waals surface area contributed by atoms with Gasteiger partial charge in [0.2, 0.25) is 0 Å². The molecule has 0 fully saturated rings. The quantitative estimate of drug-likeness (QED) is 0.354. The first kappa shape index (κ1) is 14.1. The molecule has 0 bridgehead atoms. The molecule has 0 unspecified atom stereocenters. The van der Waals surface area contributed by atoms with E-state index in [1.54, 1.807) is 30.5 Å². The summed E-state index contributed by atoms with van der Waals surface area (Å²) in [6.07, 6.45) is 1.55. The van der Waals surface area contributed by atoms with E-state index in [1.807, 2.05) is 0 Å². The van der Waals surface area contributed by atoms with Gasteiger partial charge in [-0.25, -0.2) is 4.98 Å². The molecule has 0 N–H and O–H groups in total. The fourth-order valence-corrected chi connectivity index (χ4v) is 1.69. The Morgan fingerprint density at radius 1 is 1.10 bits per heavy atom. The minimum atomic E-state index is -0.492. The van der Waals surface area contributed by atoms with Crippen molar-refractivity contribution in [1.29, 1.82) is 0 Å². The molecule has 2 aromatic rings. The van der Waals surface area contributed by atoms with Gasteiger partial charge in [-0.05, 0) is 18.2 Å². The van der Waals surface area contributed by atoms with E-state index < -0.39 is 4.92 Å². The lowest BCUT2D eigenvalue weighted by Crippen LogP contribution is -2.10. The third-order valence-corrected chi connectivity index (χ3v) is 2.67. The van der Waals surface area contributed by atoms with Gasteiger partial charge in [-0.15, -0.1) is 0 Å². The standard InChI is InChI=1S/C13H11ClN2O4/c14-13-12(6-3-7-15-13)20-9-8-19-11-5-2-1-4-10(11)16(17)18/h1-7H,8-9H2. The summed E-state index contributed by atoms with van der Waals surface area (Å²) in [5.41, 5.74) is -0.0769. The topological polar surface area (TPSA) is 74.5 Å². The number of ether oxygens (including phenoxy) is 2. The van der Waals surface area contributed by atoms with Crippen LogP contribution in [0.5, 0.6) is 11.5 Å². The molecule has 1 aromatic heterocycles. The average Bonchev–Trinajstić information content (AvgIpc) is 2.45. The highest BCUT2D eigenvalue weighted by Gasteiger charge is 2.13. The van der Waals surface area contributed by atoms with Gasteiger partial charge in [0.15, 0.2) is 16.7 Å². The molecule has 0 aliphatic heterocycles. The fraction of sp³-hybridized carbons (Fsp3) is 0.154. The Morgan fingerprint density at radius 2 is 1.75 bits per heavy atom. The lowest BCUT2D eigenvalue weighted by molar-refractivity contribution is -0.385. The predicted molar refractivity (Wildman–Crippen MR) is 73.3 cm³/mol. The van der Waals surface area contributed by atoms with E-state index in [4.69, 9.17) is 21.1 Å². The number of para-hydroxylation sites is 2. The average molecular weight is 295 g/mol. The first-order valence-electron chi connectivity index (χ1n) is 5.78. The second-order valence-electron chi connectivity index (χ2n) is 3.71. The van der Waals surface area contributed by atoms with Crippen molar-refractivity contribution in [3.63, 3.8) is 0 Å². The molecule has 0 aliphatic carbocycles. The van der Waals surface area contributed by atoms with E-state index in [9.17, 15) is 10.1 Å². The van der Waals surface area contributed by atoms with Gasteiger partial charge >= 0.3 is 5.69 Å². The van der Waals surface area contributed by atoms with E-state index >= 15 is 0 Å². The van der Waals surface area contributed by atoms with Crippen molar-refractivity contribution in [3.8, 4) is 11.5 Å². The molecular formula is C13H11ClN2O4. The fourth-order valence-electron chi connectivity index (χ4n) is 1.51. The molecule has 7 heteroatoms. The van der Waals surface area contributed by atoms with Gasteiger partial charge in [-0.3, -0.25) is 10.1 Å². The Morgan fingerprint density at radius 3 is 2.45 bits per heavy atom. The van der Waals surface area contributed by atoms with Crippen molar-refractivity contribution in [2.24, 2.45) is 0 Å². The van der Waals surface area contributed by atoms with E-state index in [2.05, 4.69) is 4.98 Å². The summed E-state index contributed by atoms with van der Waals surface area (Å²) in [4.78, 5) is 14.2. The van der Waals surface area contributed by atoms with E-state index in [1.165, 1.54) is 12.1 Å². The maximum absolute atomic E-state index is 10.8. The summed E-state index contributed by atoms with van der Waals surface area (Å²) >= 11 is 5.82. The van der Waals surface area contributed by atoms with Crippen molar-refractivity contribution in [2.45, 2.75) is 0 Å². The Balaban J connectivity index is 1.88. The Hall–Kier alpha value is -2.34. The molecule has 0 saturated carbocycles. The van der Waals surface area contributed by atoms with E-state index in [0.29, 0.717) is 5.75 Å². The van der Waals surface area contributed by atoms with Gasteiger partial charge in [0.1, 0.15) is 13.2 Å². The van der Waals surface area contributed by atoms with Crippen LogP contribution in [-0.4, -0.2) is 23.1 Å². The molecule has 6 nitrogen and oxygen atoms in total. The Kier molecular flexibility index (Phi) is 4.73. The van der Waals surface area contributed by atoms with Crippen LogP contribution in [0, 0.1) is 10.1 Å². The number of nitrogens with zero attached hydrogens (tertiary/aromatic N) is 2. The van der Waals surface area contributed by atoms with Crippen LogP contribution in [0.3, 0.4) is 0 Å². The maximum atomic E-state index is 10.8. The lowest BCUT2D eigenvalue weighted by atomic mass is 10.3. The normalized spacial score (nSPS) is 10.1. The third-order valence-electron chi connectivity index (χ3n) is 2.39. The molecule has 2 rings (SSSR count). The predicted octanol–water partition coefficient (Wildman–Crippen LogP) is 3.10. The Labute approximate surface area is 120 Å². The van der Waals surface area contributed by atoms with Crippen molar-refractivity contribution in [3.05, 3.63) is 57.9 Å². The number of nitro groups is 1. The number of hydrogen-bond acceptors (Lipinski definition) is 5. The number of aromatic nitrogens is 1. The molecule has 1 aromatic carbocycles. The first-order chi connectivity index (χ1) is 9.68. The molecule has 0 saturated heterocycles. The summed E-state index contributed by atoms with van der Waals surface area (Å²) in [6, 6.07) is 9.55. The van der Waals surface area contributed by atoms with Gasteiger partial charge in [0.05, 0.1) is 4.92 Å². The van der Waals surface area contributed by atoms with Crippen molar-refractivity contribution in [1.82, 2.24) is 4.98 Å². The maximum Gasteiger partial charge on any atom is 0.310 e. The van der Waals surface area contributed by atoms with Gasteiger partial charge in [0, 0.05) is 12.3 Å². The first-order valence-corrected chi connectivity index (χ1v) is 6.16. The number of halogens is 1. The van der Waals surface area contributed by atoms with Crippen LogP contribution in [0.15, 0.2) is 42.6 Å². The van der Waals surface area contributed by atoms with Crippen molar-refractivity contribution >= 4 is 17.3 Å². The number of hydrogen-bond donors (Lipinski definition) is 0. The molecule has 0 atom stereocenters. The number of pyridine rings is 1. The largest absolute Gasteiger partial charge is 0.487 e. The molecule has 0 amide bonds. The molecule has 0 aliphatic rings. The zero-order valence-electron chi connectivity index (χ0n) is 10.4. The molecule has 20 heavy (non-hydrogen) atoms. The summed E-state index contributed by atoms with van der Waals surface area (Å²) in [5.74, 6) is 0.652. The van der Waals surface area contributed by atoms with Gasteiger partial charge < -0.3 is 9.47 Å². The highest BCUT2D eigenvalue weighted by Crippen LogP contribution is 2.26. The second kappa shape index (κ2) is 6.72. The molecule has 0 spiro atoms. The number of benzene rings is 1. The van der Waals surface area contributed by atoms with E-state index in [0.717, 1.165) is 0 Å². The minimum absolute atomic E-state index is 0.0769. The highest BCUT2D eigenvalue weighted by atomic mass is 35.5. The summed E-state index contributed by atoms with van der Waals surface area (Å²) in [6.45, 7) is 0.369. The van der Waals surface area contributed by atoms with Crippen LogP contribution in [-0.2, 0) is 0 Å². The highest BCUT2D eigenvalue weighted by molar-refractivity contribution is 6.30. The third kappa shape index (κ3) is 3.58. The molecule has 0 radical (unpaired) electrons. The van der Waals surface area contributed by atoms with Crippen LogP contribution < -0.4 is 9.47 Å².